The van der Waals surface area contributed by atoms with E-state index in [9.17, 15) is 39.9 Å². The molecule has 0 unspecified atom stereocenters. The van der Waals surface area contributed by atoms with Crippen LogP contribution in [-0.4, -0.2) is 47.0 Å². The third-order valence-electron chi connectivity index (χ3n) is 5.26. The summed E-state index contributed by atoms with van der Waals surface area (Å²) in [5.41, 5.74) is 1.02. The normalized spacial score (nSPS) is 13.1. The molecule has 200 valence electrons. The number of fused-ring (bicyclic) bond motifs is 1. The molecule has 13 heteroatoms. The number of hydrogen-bond acceptors (Lipinski definition) is 5. The number of halogens is 8. The summed E-state index contributed by atoms with van der Waals surface area (Å²) in [6.45, 7) is 1.54. The van der Waals surface area contributed by atoms with Gasteiger partial charge in [0.05, 0.1) is 13.0 Å². The number of nitrogens with zero attached hydrogens (tertiary/aromatic N) is 1. The Balaban J connectivity index is 1.66. The van der Waals surface area contributed by atoms with E-state index in [1.54, 1.807) is 36.7 Å². The molecule has 2 heterocycles. The lowest BCUT2D eigenvalue weighted by atomic mass is 9.95. The first-order valence-electron chi connectivity index (χ1n) is 10.6. The van der Waals surface area contributed by atoms with Gasteiger partial charge in [0.2, 0.25) is 0 Å². The molecule has 0 N–H and O–H groups in total. The monoisotopic (exact) mass is 553 g/mol. The number of carbonyl (C=O) groups excluding carboxylic acids is 1. The van der Waals surface area contributed by atoms with Crippen LogP contribution in [0.15, 0.2) is 70.8 Å². The Morgan fingerprint density at radius 1 is 1.00 bits per heavy atom. The summed E-state index contributed by atoms with van der Waals surface area (Å²) < 4.78 is 122. The van der Waals surface area contributed by atoms with Crippen molar-refractivity contribution in [3.05, 3.63) is 61.4 Å². The zero-order chi connectivity index (χ0) is 27.5. The number of benzene rings is 1. The van der Waals surface area contributed by atoms with Gasteiger partial charge in [-0.25, -0.2) is 4.79 Å². The quantitative estimate of drug-likeness (QED) is 0.0999. The summed E-state index contributed by atoms with van der Waals surface area (Å²) in [6, 6.07) is 9.66. The number of pyridine rings is 1. The van der Waals surface area contributed by atoms with E-state index in [0.717, 1.165) is 0 Å². The van der Waals surface area contributed by atoms with Crippen LogP contribution in [0.1, 0.15) is 12.8 Å². The van der Waals surface area contributed by atoms with Crippen LogP contribution in [0.25, 0.3) is 22.3 Å². The molecular formula is C24H19F8NO3S. The molecule has 0 radical (unpaired) electrons. The lowest BCUT2D eigenvalue weighted by Gasteiger charge is -2.36. The van der Waals surface area contributed by atoms with Crippen molar-refractivity contribution in [2.45, 2.75) is 41.4 Å². The van der Waals surface area contributed by atoms with Crippen molar-refractivity contribution < 1.29 is 49.1 Å². The number of hydrogen-bond donors (Lipinski definition) is 0. The van der Waals surface area contributed by atoms with Gasteiger partial charge >= 0.3 is 29.7 Å². The Morgan fingerprint density at radius 2 is 1.68 bits per heavy atom. The maximum absolute atomic E-state index is 14.2. The second-order valence-electron chi connectivity index (χ2n) is 7.83. The number of esters is 1. The molecule has 0 saturated heterocycles. The molecule has 0 fully saturated rings. The zero-order valence-electron chi connectivity index (χ0n) is 18.8. The van der Waals surface area contributed by atoms with E-state index >= 15 is 0 Å². The molecule has 4 nitrogen and oxygen atoms in total. The van der Waals surface area contributed by atoms with Crippen molar-refractivity contribution in [2.75, 3.05) is 12.4 Å². The van der Waals surface area contributed by atoms with Gasteiger partial charge in [-0.3, -0.25) is 4.98 Å². The van der Waals surface area contributed by atoms with Crippen molar-refractivity contribution in [3.63, 3.8) is 0 Å². The number of aromatic nitrogens is 1. The smallest absolute Gasteiger partial charge is 0.378 e. The molecule has 0 aliphatic carbocycles. The Labute approximate surface area is 209 Å². The van der Waals surface area contributed by atoms with Gasteiger partial charge in [-0.15, -0.1) is 11.8 Å². The molecule has 1 aromatic carbocycles. The number of thioether (sulfide) groups is 1. The van der Waals surface area contributed by atoms with Crippen molar-refractivity contribution in [1.29, 1.82) is 0 Å². The maximum Gasteiger partial charge on any atom is 0.378 e. The van der Waals surface area contributed by atoms with Gasteiger partial charge in [0.25, 0.3) is 0 Å². The van der Waals surface area contributed by atoms with Crippen molar-refractivity contribution in [2.24, 2.45) is 0 Å². The minimum Gasteiger partial charge on any atom is -0.462 e. The number of rotatable bonds is 12. The summed E-state index contributed by atoms with van der Waals surface area (Å²) in [6.07, 6.45) is -0.260. The Kier molecular flexibility index (Phi) is 8.25. The first-order valence-corrected chi connectivity index (χ1v) is 11.6. The molecule has 0 aliphatic heterocycles. The summed E-state index contributed by atoms with van der Waals surface area (Å²) in [5, 5.41) is 0.653. The van der Waals surface area contributed by atoms with E-state index in [4.69, 9.17) is 4.42 Å². The molecule has 0 spiro atoms. The highest BCUT2D eigenvalue weighted by Crippen LogP contribution is 2.54. The van der Waals surface area contributed by atoms with Crippen LogP contribution in [0.3, 0.4) is 0 Å². The Hall–Kier alpha value is -3.09. The average molecular weight is 553 g/mol. The summed E-state index contributed by atoms with van der Waals surface area (Å²) >= 11 is 0.636. The average Bonchev–Trinajstić information content (AvgIpc) is 3.27. The van der Waals surface area contributed by atoms with Crippen LogP contribution < -0.4 is 0 Å². The molecule has 3 rings (SSSR count). The fourth-order valence-electron chi connectivity index (χ4n) is 3.16. The van der Waals surface area contributed by atoms with Crippen LogP contribution in [-0.2, 0) is 9.53 Å². The first kappa shape index (κ1) is 28.5. The largest absolute Gasteiger partial charge is 0.462 e. The lowest BCUT2D eigenvalue weighted by Crippen LogP contribution is -2.62. The van der Waals surface area contributed by atoms with E-state index in [1.165, 1.54) is 12.1 Å². The maximum atomic E-state index is 14.2. The van der Waals surface area contributed by atoms with Crippen LogP contribution in [0.2, 0.25) is 0 Å². The zero-order valence-corrected chi connectivity index (χ0v) is 19.7. The molecule has 0 atom stereocenters. The van der Waals surface area contributed by atoms with E-state index in [2.05, 4.69) is 16.3 Å². The second-order valence-corrected chi connectivity index (χ2v) is 9.00. The fourth-order valence-corrected chi connectivity index (χ4v) is 4.11. The van der Waals surface area contributed by atoms with Crippen LogP contribution in [0.4, 0.5) is 35.1 Å². The lowest BCUT2D eigenvalue weighted by molar-refractivity contribution is -0.367. The number of ether oxygens (including phenoxy) is 1. The summed E-state index contributed by atoms with van der Waals surface area (Å²) in [7, 11) is 0. The Morgan fingerprint density at radius 3 is 2.30 bits per heavy atom. The summed E-state index contributed by atoms with van der Waals surface area (Å²) in [4.78, 5) is 15.1. The number of carbonyl (C=O) groups is 1. The highest BCUT2D eigenvalue weighted by molar-refractivity contribution is 7.99. The second kappa shape index (κ2) is 10.7. The molecule has 0 amide bonds. The van der Waals surface area contributed by atoms with Crippen molar-refractivity contribution >= 4 is 28.7 Å². The van der Waals surface area contributed by atoms with Gasteiger partial charge in [0.1, 0.15) is 11.3 Å². The van der Waals surface area contributed by atoms with Gasteiger partial charge in [-0.2, -0.15) is 35.1 Å². The highest BCUT2D eigenvalue weighted by Gasteiger charge is 2.79. The molecular weight excluding hydrogens is 534 g/mol. The molecule has 2 aromatic heterocycles. The van der Waals surface area contributed by atoms with Gasteiger partial charge in [-0.05, 0) is 36.4 Å². The first-order chi connectivity index (χ1) is 17.2. The highest BCUT2D eigenvalue weighted by atomic mass is 32.2. The van der Waals surface area contributed by atoms with Crippen LogP contribution >= 0.6 is 11.8 Å². The standard InChI is InChI=1S/C24H19F8NO3S/c1-2-20(34)35-10-7-21(25,26)23(29,30)24(31,32)22(27,28)8-11-37-17-6-5-15-12-18(36-19(15)13-17)16-4-3-9-33-14-16/h2-6,9,12-14H,1,7-8,10-11H2. The van der Waals surface area contributed by atoms with Crippen LogP contribution in [0.5, 0.6) is 0 Å². The molecule has 0 aliphatic rings. The van der Waals surface area contributed by atoms with Crippen molar-refractivity contribution in [1.82, 2.24) is 4.98 Å². The number of furan rings is 1. The third-order valence-corrected chi connectivity index (χ3v) is 6.26. The fraction of sp³-hybridized carbons (Fsp3) is 0.333. The molecule has 0 bridgehead atoms. The minimum absolute atomic E-state index is 0.305. The van der Waals surface area contributed by atoms with Gasteiger partial charge < -0.3 is 9.15 Å². The van der Waals surface area contributed by atoms with E-state index < -0.39 is 54.9 Å². The minimum atomic E-state index is -6.43. The summed E-state index contributed by atoms with van der Waals surface area (Å²) in [5.74, 6) is -25.5. The van der Waals surface area contributed by atoms with E-state index in [0.29, 0.717) is 45.0 Å². The Bertz CT molecular complexity index is 1250. The van der Waals surface area contributed by atoms with Gasteiger partial charge in [0.15, 0.2) is 0 Å². The molecule has 0 saturated carbocycles. The van der Waals surface area contributed by atoms with Gasteiger partial charge in [0, 0.05) is 46.5 Å². The SMILES string of the molecule is C=CC(=O)OCCC(F)(F)C(F)(F)C(F)(F)C(F)(F)CCSc1ccc2cc(-c3cccnc3)oc2c1. The van der Waals surface area contributed by atoms with E-state index in [-0.39, 0.29) is 0 Å². The van der Waals surface area contributed by atoms with Crippen molar-refractivity contribution in [3.8, 4) is 11.3 Å². The third kappa shape index (κ3) is 5.91. The van der Waals surface area contributed by atoms with Crippen LogP contribution in [0, 0.1) is 0 Å². The van der Waals surface area contributed by atoms with E-state index in [1.807, 2.05) is 0 Å². The predicted octanol–water partition coefficient (Wildman–Crippen LogP) is 7.64. The topological polar surface area (TPSA) is 52.3 Å². The molecule has 37 heavy (non-hydrogen) atoms. The number of alkyl halides is 8. The van der Waals surface area contributed by atoms with Gasteiger partial charge in [-0.1, -0.05) is 6.58 Å². The predicted molar refractivity (Wildman–Crippen MR) is 120 cm³/mol. The molecule has 3 aromatic rings.